The molecule has 2 aromatic heterocycles. The van der Waals surface area contributed by atoms with E-state index in [1.807, 2.05) is 53.4 Å². The Bertz CT molecular complexity index is 966. The zero-order chi connectivity index (χ0) is 16.0. The maximum atomic E-state index is 12.3. The lowest BCUT2D eigenvalue weighted by Gasteiger charge is -2.22. The predicted molar refractivity (Wildman–Crippen MR) is 90.4 cm³/mol. The van der Waals surface area contributed by atoms with Gasteiger partial charge in [0, 0.05) is 12.6 Å². The van der Waals surface area contributed by atoms with Crippen LogP contribution in [0.2, 0.25) is 0 Å². The minimum absolute atomic E-state index is 0.193. The SMILES string of the molecule is CC(C)Nc1nc(=O)c2cnn3c2n1CC=C3c1ccccc1. The number of aromatic nitrogens is 4. The summed E-state index contributed by atoms with van der Waals surface area (Å²) in [6.45, 7) is 4.69. The zero-order valence-corrected chi connectivity index (χ0v) is 13.0. The van der Waals surface area contributed by atoms with E-state index in [9.17, 15) is 4.79 Å². The molecule has 1 aromatic carbocycles. The van der Waals surface area contributed by atoms with Crippen molar-refractivity contribution in [3.63, 3.8) is 0 Å². The summed E-state index contributed by atoms with van der Waals surface area (Å²) in [7, 11) is 0. The van der Waals surface area contributed by atoms with E-state index in [4.69, 9.17) is 0 Å². The summed E-state index contributed by atoms with van der Waals surface area (Å²) in [5.74, 6) is 0.586. The van der Waals surface area contributed by atoms with Gasteiger partial charge < -0.3 is 5.32 Å². The molecule has 0 aliphatic carbocycles. The van der Waals surface area contributed by atoms with Gasteiger partial charge in [-0.15, -0.1) is 0 Å². The topological polar surface area (TPSA) is 64.7 Å². The van der Waals surface area contributed by atoms with Crippen molar-refractivity contribution < 1.29 is 0 Å². The molecule has 0 amide bonds. The largest absolute Gasteiger partial charge is 0.353 e. The van der Waals surface area contributed by atoms with Gasteiger partial charge in [-0.2, -0.15) is 10.1 Å². The van der Waals surface area contributed by atoms with Crippen molar-refractivity contribution in [1.82, 2.24) is 19.3 Å². The molecule has 6 heteroatoms. The first-order valence-electron chi connectivity index (χ1n) is 7.66. The first-order chi connectivity index (χ1) is 11.1. The van der Waals surface area contributed by atoms with E-state index >= 15 is 0 Å². The van der Waals surface area contributed by atoms with Gasteiger partial charge in [0.1, 0.15) is 5.39 Å². The number of anilines is 1. The fraction of sp³-hybridized carbons (Fsp3) is 0.235. The molecule has 0 bridgehead atoms. The highest BCUT2D eigenvalue weighted by Gasteiger charge is 2.21. The summed E-state index contributed by atoms with van der Waals surface area (Å²) < 4.78 is 3.82. The molecular weight excluding hydrogens is 290 g/mol. The lowest BCUT2D eigenvalue weighted by Crippen LogP contribution is -2.25. The Kier molecular flexibility index (Phi) is 3.04. The molecule has 0 fully saturated rings. The average molecular weight is 307 g/mol. The zero-order valence-electron chi connectivity index (χ0n) is 13.0. The molecule has 3 heterocycles. The minimum Gasteiger partial charge on any atom is -0.353 e. The van der Waals surface area contributed by atoms with Crippen molar-refractivity contribution >= 4 is 22.7 Å². The number of benzene rings is 1. The number of hydrogen-bond donors (Lipinski definition) is 1. The van der Waals surface area contributed by atoms with Crippen molar-refractivity contribution in [3.8, 4) is 0 Å². The second kappa shape index (κ2) is 5.08. The number of nitrogens with zero attached hydrogens (tertiary/aromatic N) is 4. The molecule has 0 atom stereocenters. The van der Waals surface area contributed by atoms with Gasteiger partial charge in [0.2, 0.25) is 5.95 Å². The van der Waals surface area contributed by atoms with E-state index in [1.165, 1.54) is 0 Å². The third-order valence-corrected chi connectivity index (χ3v) is 3.88. The summed E-state index contributed by atoms with van der Waals surface area (Å²) in [5, 5.41) is 8.21. The van der Waals surface area contributed by atoms with E-state index in [-0.39, 0.29) is 11.6 Å². The van der Waals surface area contributed by atoms with Crippen LogP contribution in [0.4, 0.5) is 5.95 Å². The van der Waals surface area contributed by atoms with Crippen molar-refractivity contribution in [2.24, 2.45) is 0 Å². The van der Waals surface area contributed by atoms with Crippen molar-refractivity contribution in [2.75, 3.05) is 5.32 Å². The third kappa shape index (κ3) is 2.14. The molecule has 0 saturated heterocycles. The van der Waals surface area contributed by atoms with Crippen LogP contribution in [0, 0.1) is 0 Å². The number of nitrogens with one attached hydrogen (secondary N) is 1. The monoisotopic (exact) mass is 307 g/mol. The molecule has 116 valence electrons. The second-order valence-electron chi connectivity index (χ2n) is 5.90. The summed E-state index contributed by atoms with van der Waals surface area (Å²) in [5.41, 5.74) is 2.60. The van der Waals surface area contributed by atoms with Gasteiger partial charge in [0.05, 0.1) is 11.9 Å². The maximum Gasteiger partial charge on any atom is 0.285 e. The lowest BCUT2D eigenvalue weighted by molar-refractivity contribution is 0.737. The number of allylic oxidation sites excluding steroid dienone is 1. The van der Waals surface area contributed by atoms with Crippen molar-refractivity contribution in [2.45, 2.75) is 26.4 Å². The Hall–Kier alpha value is -2.89. The molecule has 1 N–H and O–H groups in total. The molecular formula is C17H17N5O. The summed E-state index contributed by atoms with van der Waals surface area (Å²) in [4.78, 5) is 16.5. The molecule has 23 heavy (non-hydrogen) atoms. The molecule has 6 nitrogen and oxygen atoms in total. The van der Waals surface area contributed by atoms with Gasteiger partial charge in [-0.1, -0.05) is 30.3 Å². The van der Waals surface area contributed by atoms with Gasteiger partial charge in [-0.3, -0.25) is 9.36 Å². The Morgan fingerprint density at radius 2 is 2.00 bits per heavy atom. The summed E-state index contributed by atoms with van der Waals surface area (Å²) in [6, 6.07) is 10.3. The third-order valence-electron chi connectivity index (χ3n) is 3.88. The minimum atomic E-state index is -0.250. The van der Waals surface area contributed by atoms with Gasteiger partial charge in [0.15, 0.2) is 5.65 Å². The van der Waals surface area contributed by atoms with Gasteiger partial charge >= 0.3 is 0 Å². The highest BCUT2D eigenvalue weighted by atomic mass is 16.1. The van der Waals surface area contributed by atoms with Crippen LogP contribution in [-0.4, -0.2) is 25.4 Å². The Labute approximate surface area is 133 Å². The van der Waals surface area contributed by atoms with Gasteiger partial charge in [0.25, 0.3) is 5.56 Å². The molecule has 4 rings (SSSR count). The van der Waals surface area contributed by atoms with Crippen LogP contribution in [0.5, 0.6) is 0 Å². The number of hydrogen-bond acceptors (Lipinski definition) is 4. The number of rotatable bonds is 3. The standard InChI is InChI=1S/C17H17N5O/c1-11(2)19-17-20-15(23)13-10-18-22-14(8-9-21(17)16(13)22)12-6-4-3-5-7-12/h3-8,10-11H,9H2,1-2H3,(H,19,20,23). The fourth-order valence-electron chi connectivity index (χ4n) is 2.90. The molecule has 0 spiro atoms. The quantitative estimate of drug-likeness (QED) is 0.806. The predicted octanol–water partition coefficient (Wildman–Crippen LogP) is 2.32. The maximum absolute atomic E-state index is 12.3. The highest BCUT2D eigenvalue weighted by molar-refractivity contribution is 5.83. The van der Waals surface area contributed by atoms with Crippen LogP contribution in [0.25, 0.3) is 16.7 Å². The molecule has 0 unspecified atom stereocenters. The van der Waals surface area contributed by atoms with Gasteiger partial charge in [-0.25, -0.2) is 4.68 Å². The van der Waals surface area contributed by atoms with Crippen LogP contribution in [-0.2, 0) is 6.54 Å². The van der Waals surface area contributed by atoms with E-state index in [0.717, 1.165) is 16.9 Å². The molecule has 1 aliphatic heterocycles. The molecule has 0 radical (unpaired) electrons. The first-order valence-corrected chi connectivity index (χ1v) is 7.66. The van der Waals surface area contributed by atoms with E-state index in [0.29, 0.717) is 17.9 Å². The fourth-order valence-corrected chi connectivity index (χ4v) is 2.90. The second-order valence-corrected chi connectivity index (χ2v) is 5.90. The molecule has 1 aliphatic rings. The lowest BCUT2D eigenvalue weighted by atomic mass is 10.1. The van der Waals surface area contributed by atoms with Gasteiger partial charge in [-0.05, 0) is 25.5 Å². The Balaban J connectivity index is 1.96. The van der Waals surface area contributed by atoms with Crippen LogP contribution >= 0.6 is 0 Å². The smallest absolute Gasteiger partial charge is 0.285 e. The average Bonchev–Trinajstić information content (AvgIpc) is 2.98. The van der Waals surface area contributed by atoms with Crippen molar-refractivity contribution in [1.29, 1.82) is 0 Å². The first kappa shape index (κ1) is 13.8. The van der Waals surface area contributed by atoms with Crippen LogP contribution in [0.1, 0.15) is 19.4 Å². The summed E-state index contributed by atoms with van der Waals surface area (Å²) in [6.07, 6.45) is 3.70. The normalized spacial score (nSPS) is 13.4. The van der Waals surface area contributed by atoms with E-state index in [2.05, 4.69) is 21.5 Å². The molecule has 0 saturated carbocycles. The summed E-state index contributed by atoms with van der Waals surface area (Å²) >= 11 is 0. The van der Waals surface area contributed by atoms with Crippen LogP contribution in [0.15, 0.2) is 47.4 Å². The molecule has 3 aromatic rings. The Morgan fingerprint density at radius 1 is 1.22 bits per heavy atom. The van der Waals surface area contributed by atoms with Crippen LogP contribution < -0.4 is 10.9 Å². The van der Waals surface area contributed by atoms with E-state index in [1.54, 1.807) is 6.20 Å². The Morgan fingerprint density at radius 3 is 2.74 bits per heavy atom. The van der Waals surface area contributed by atoms with E-state index < -0.39 is 0 Å². The van der Waals surface area contributed by atoms with Crippen LogP contribution in [0.3, 0.4) is 0 Å². The van der Waals surface area contributed by atoms with Crippen molar-refractivity contribution in [3.05, 3.63) is 58.5 Å². The highest BCUT2D eigenvalue weighted by Crippen LogP contribution is 2.26.